The van der Waals surface area contributed by atoms with Crippen LogP contribution in [0.5, 0.6) is 0 Å². The summed E-state index contributed by atoms with van der Waals surface area (Å²) in [5.74, 6) is 0. The van der Waals surface area contributed by atoms with Gasteiger partial charge in [0.05, 0.1) is 9.82 Å². The van der Waals surface area contributed by atoms with Crippen molar-refractivity contribution in [1.82, 2.24) is 4.49 Å². The predicted molar refractivity (Wildman–Crippen MR) is 64.1 cm³/mol. The standard InChI is InChI=1S/C6H8N3O5PS2/c7-15(12,16)8-17(13,14)6-3-1-5(2-4-6)9(10)11/h1-4H,(H4,7,8,12,16). The van der Waals surface area contributed by atoms with Crippen molar-refractivity contribution in [2.75, 3.05) is 0 Å². The fourth-order valence-electron chi connectivity index (χ4n) is 0.972. The van der Waals surface area contributed by atoms with Crippen molar-refractivity contribution < 1.29 is 18.2 Å². The quantitative estimate of drug-likeness (QED) is 0.406. The van der Waals surface area contributed by atoms with E-state index in [4.69, 9.17) is 10.4 Å². The zero-order valence-electron chi connectivity index (χ0n) is 8.18. The number of nitrogens with two attached hydrogens (primary N) is 1. The molecule has 0 fully saturated rings. The number of nitro benzene ring substituents is 1. The van der Waals surface area contributed by atoms with E-state index in [1.54, 1.807) is 4.49 Å². The molecule has 1 unspecified atom stereocenters. The summed E-state index contributed by atoms with van der Waals surface area (Å²) in [6.45, 7) is -3.62. The Labute approximate surface area is 102 Å². The Morgan fingerprint density at radius 3 is 2.24 bits per heavy atom. The Kier molecular flexibility index (Phi) is 3.97. The molecule has 1 aromatic rings. The molecule has 0 aliphatic rings. The monoisotopic (exact) mass is 297 g/mol. The molecule has 0 amide bonds. The summed E-state index contributed by atoms with van der Waals surface area (Å²) in [6.07, 6.45) is 0. The predicted octanol–water partition coefficient (Wildman–Crippen LogP) is 0.0486. The van der Waals surface area contributed by atoms with Crippen molar-refractivity contribution in [1.29, 1.82) is 0 Å². The Hall–Kier alpha value is -0.900. The molecule has 0 spiro atoms. The number of sulfonamides is 1. The van der Waals surface area contributed by atoms with E-state index in [0.717, 1.165) is 24.3 Å². The fraction of sp³-hybridized carbons (Fsp3) is 0. The Morgan fingerprint density at radius 2 is 1.88 bits per heavy atom. The van der Waals surface area contributed by atoms with Crippen LogP contribution in [-0.2, 0) is 21.8 Å². The van der Waals surface area contributed by atoms with Gasteiger partial charge in [-0.05, 0) is 23.9 Å². The second-order valence-corrected chi connectivity index (χ2v) is 8.09. The van der Waals surface area contributed by atoms with Crippen LogP contribution >= 0.6 is 6.57 Å². The number of hydrogen-bond donors (Lipinski definition) is 3. The summed E-state index contributed by atoms with van der Waals surface area (Å²) in [6, 6.07) is 4.08. The third-order valence-corrected chi connectivity index (χ3v) is 5.18. The molecule has 94 valence electrons. The van der Waals surface area contributed by atoms with Crippen LogP contribution in [0.4, 0.5) is 5.69 Å². The molecule has 1 atom stereocenters. The number of rotatable bonds is 4. The first-order chi connectivity index (χ1) is 7.62. The normalized spacial score (nSPS) is 15.2. The van der Waals surface area contributed by atoms with Gasteiger partial charge >= 0.3 is 0 Å². The van der Waals surface area contributed by atoms with E-state index in [-0.39, 0.29) is 10.6 Å². The van der Waals surface area contributed by atoms with Gasteiger partial charge in [-0.1, -0.05) is 0 Å². The molecule has 0 radical (unpaired) electrons. The summed E-state index contributed by atoms with van der Waals surface area (Å²) in [7, 11) is -4.06. The van der Waals surface area contributed by atoms with Crippen molar-refractivity contribution in [3.63, 3.8) is 0 Å². The lowest BCUT2D eigenvalue weighted by Crippen LogP contribution is -2.23. The molecule has 4 N–H and O–H groups in total. The lowest BCUT2D eigenvalue weighted by atomic mass is 10.3. The van der Waals surface area contributed by atoms with Gasteiger partial charge in [0.15, 0.2) is 0 Å². The van der Waals surface area contributed by atoms with Crippen LogP contribution in [0.3, 0.4) is 0 Å². The summed E-state index contributed by atoms with van der Waals surface area (Å²) < 4.78 is 24.9. The number of non-ortho nitro benzene ring substituents is 1. The van der Waals surface area contributed by atoms with E-state index >= 15 is 0 Å². The summed E-state index contributed by atoms with van der Waals surface area (Å²) in [4.78, 5) is 18.5. The molecule has 0 bridgehead atoms. The summed E-state index contributed by atoms with van der Waals surface area (Å²) >= 11 is 4.35. The molecule has 0 aliphatic heterocycles. The SMILES string of the molecule is NP(O)(=S)NS(=O)(=O)c1ccc([N+](=O)[O-])cc1. The second kappa shape index (κ2) is 4.77. The lowest BCUT2D eigenvalue weighted by molar-refractivity contribution is -0.384. The number of hydrogen-bond acceptors (Lipinski definition) is 5. The highest BCUT2D eigenvalue weighted by Gasteiger charge is 2.21. The van der Waals surface area contributed by atoms with Gasteiger partial charge in [-0.25, -0.2) is 8.42 Å². The van der Waals surface area contributed by atoms with Crippen LogP contribution in [-0.4, -0.2) is 18.2 Å². The first-order valence-corrected chi connectivity index (χ1v) is 8.32. The van der Waals surface area contributed by atoms with Crippen molar-refractivity contribution in [2.24, 2.45) is 5.50 Å². The van der Waals surface area contributed by atoms with Gasteiger partial charge in [0, 0.05) is 12.1 Å². The second-order valence-electron chi connectivity index (χ2n) is 2.97. The third-order valence-electron chi connectivity index (χ3n) is 1.61. The zero-order valence-corrected chi connectivity index (χ0v) is 10.7. The highest BCUT2D eigenvalue weighted by atomic mass is 32.5. The van der Waals surface area contributed by atoms with E-state index < -0.39 is 21.5 Å². The number of benzene rings is 1. The maximum Gasteiger partial charge on any atom is 0.269 e. The van der Waals surface area contributed by atoms with Crippen molar-refractivity contribution in [3.05, 3.63) is 34.4 Å². The van der Waals surface area contributed by atoms with E-state index in [1.165, 1.54) is 0 Å². The number of nitro groups is 1. The molecule has 8 nitrogen and oxygen atoms in total. The van der Waals surface area contributed by atoms with Crippen LogP contribution < -0.4 is 10.00 Å². The smallest absolute Gasteiger partial charge is 0.269 e. The molecule has 0 saturated heterocycles. The van der Waals surface area contributed by atoms with Gasteiger partial charge in [0.2, 0.25) is 16.6 Å². The average Bonchev–Trinajstić information content (AvgIpc) is 2.14. The van der Waals surface area contributed by atoms with E-state index in [1.807, 2.05) is 0 Å². The average molecular weight is 297 g/mol. The van der Waals surface area contributed by atoms with Gasteiger partial charge in [0.25, 0.3) is 5.69 Å². The van der Waals surface area contributed by atoms with Gasteiger partial charge in [-0.3, -0.25) is 15.6 Å². The maximum atomic E-state index is 11.6. The number of nitrogens with zero attached hydrogens (tertiary/aromatic N) is 1. The minimum absolute atomic E-state index is 0.250. The van der Waals surface area contributed by atoms with E-state index in [0.29, 0.717) is 0 Å². The van der Waals surface area contributed by atoms with Crippen LogP contribution in [0.25, 0.3) is 0 Å². The van der Waals surface area contributed by atoms with Crippen LogP contribution in [0.2, 0.25) is 0 Å². The highest BCUT2D eigenvalue weighted by Crippen LogP contribution is 2.28. The zero-order chi connectivity index (χ0) is 13.3. The summed E-state index contributed by atoms with van der Waals surface area (Å²) in [5.41, 5.74) is 4.77. The van der Waals surface area contributed by atoms with Crippen LogP contribution in [0, 0.1) is 10.1 Å². The molecule has 0 saturated carbocycles. The third kappa shape index (κ3) is 4.11. The first-order valence-electron chi connectivity index (χ1n) is 4.02. The van der Waals surface area contributed by atoms with E-state index in [2.05, 4.69) is 11.8 Å². The fourth-order valence-corrected chi connectivity index (χ4v) is 4.15. The lowest BCUT2D eigenvalue weighted by Gasteiger charge is -2.11. The van der Waals surface area contributed by atoms with Gasteiger partial charge in [-0.2, -0.15) is 0 Å². The molecular formula is C6H8N3O5PS2. The Bertz CT molecular complexity index is 578. The van der Waals surface area contributed by atoms with Gasteiger partial charge in [0.1, 0.15) is 0 Å². The molecule has 0 aromatic heterocycles. The Balaban J connectivity index is 3.09. The van der Waals surface area contributed by atoms with Crippen LogP contribution in [0.15, 0.2) is 29.2 Å². The topological polar surface area (TPSA) is 136 Å². The molecule has 0 aliphatic carbocycles. The van der Waals surface area contributed by atoms with Gasteiger partial charge < -0.3 is 4.89 Å². The molecule has 17 heavy (non-hydrogen) atoms. The summed E-state index contributed by atoms with van der Waals surface area (Å²) in [5, 5.41) is 10.4. The van der Waals surface area contributed by atoms with Crippen molar-refractivity contribution >= 4 is 34.1 Å². The van der Waals surface area contributed by atoms with Gasteiger partial charge in [-0.15, -0.1) is 4.49 Å². The van der Waals surface area contributed by atoms with Crippen molar-refractivity contribution in [2.45, 2.75) is 4.90 Å². The molecule has 1 aromatic carbocycles. The highest BCUT2D eigenvalue weighted by molar-refractivity contribution is 8.14. The molecular weight excluding hydrogens is 289 g/mol. The van der Waals surface area contributed by atoms with Crippen LogP contribution in [0.1, 0.15) is 0 Å². The van der Waals surface area contributed by atoms with Crippen molar-refractivity contribution in [3.8, 4) is 0 Å². The van der Waals surface area contributed by atoms with E-state index in [9.17, 15) is 18.5 Å². The minimum Gasteiger partial charge on any atom is -0.342 e. The minimum atomic E-state index is -4.06. The molecule has 11 heteroatoms. The maximum absolute atomic E-state index is 11.6. The largest absolute Gasteiger partial charge is 0.342 e. The molecule has 1 rings (SSSR count). The number of nitrogens with one attached hydrogen (secondary N) is 1. The first kappa shape index (κ1) is 14.2. The molecule has 0 heterocycles. The Morgan fingerprint density at radius 1 is 1.41 bits per heavy atom.